The Morgan fingerprint density at radius 2 is 1.96 bits per heavy atom. The zero-order chi connectivity index (χ0) is 17.8. The van der Waals surface area contributed by atoms with Crippen molar-refractivity contribution >= 4 is 17.9 Å². The monoisotopic (exact) mass is 348 g/mol. The highest BCUT2D eigenvalue weighted by Crippen LogP contribution is 2.62. The van der Waals surface area contributed by atoms with Gasteiger partial charge in [0, 0.05) is 17.5 Å². The molecule has 5 aliphatic rings. The molecule has 3 aliphatic carbocycles. The second-order valence-electron chi connectivity index (χ2n) is 9.00. The van der Waals surface area contributed by atoms with E-state index in [9.17, 15) is 15.2 Å². The Balaban J connectivity index is 1.70. The molecule has 6 nitrogen and oxygen atoms in total. The molecule has 2 saturated heterocycles. The van der Waals surface area contributed by atoms with Gasteiger partial charge >= 0.3 is 5.97 Å². The van der Waals surface area contributed by atoms with Gasteiger partial charge in [-0.1, -0.05) is 19.0 Å². The summed E-state index contributed by atoms with van der Waals surface area (Å²) >= 11 is 0. The second-order valence-corrected chi connectivity index (χ2v) is 9.00. The maximum absolute atomic E-state index is 12.4. The number of rotatable bonds is 2. The minimum atomic E-state index is -0.137. The van der Waals surface area contributed by atoms with E-state index >= 15 is 0 Å². The van der Waals surface area contributed by atoms with Crippen LogP contribution in [0.2, 0.25) is 0 Å². The summed E-state index contributed by atoms with van der Waals surface area (Å²) in [6, 6.07) is 0. The van der Waals surface area contributed by atoms with Gasteiger partial charge in [-0.25, -0.2) is 0 Å². The normalized spacial score (nSPS) is 51.0. The molecule has 2 bridgehead atoms. The summed E-state index contributed by atoms with van der Waals surface area (Å²) in [6.45, 7) is 4.42. The van der Waals surface area contributed by atoms with Gasteiger partial charge in [0.25, 0.3) is 0 Å². The van der Waals surface area contributed by atoms with E-state index in [0.29, 0.717) is 11.8 Å². The summed E-state index contributed by atoms with van der Waals surface area (Å²) in [7, 11) is 0. The average molecular weight is 348 g/mol. The van der Waals surface area contributed by atoms with Crippen molar-refractivity contribution in [3.8, 4) is 0 Å². The molecule has 2 aliphatic heterocycles. The van der Waals surface area contributed by atoms with Crippen molar-refractivity contribution in [2.24, 2.45) is 44.8 Å². The lowest BCUT2D eigenvalue weighted by atomic mass is 9.49. The second kappa shape index (κ2) is 5.71. The van der Waals surface area contributed by atoms with Crippen molar-refractivity contribution < 1.29 is 19.9 Å². The van der Waals surface area contributed by atoms with Gasteiger partial charge in [-0.3, -0.25) is 4.79 Å². The molecule has 0 aromatic carbocycles. The Labute approximate surface area is 148 Å². The number of carbonyl (C=O) groups is 1. The van der Waals surface area contributed by atoms with Gasteiger partial charge in [0.15, 0.2) is 0 Å². The van der Waals surface area contributed by atoms with Gasteiger partial charge in [-0.15, -0.1) is 5.16 Å². The number of hydrogen-bond donors (Lipinski definition) is 2. The van der Waals surface area contributed by atoms with Gasteiger partial charge < -0.3 is 15.2 Å². The van der Waals surface area contributed by atoms with E-state index in [1.165, 1.54) is 0 Å². The maximum Gasteiger partial charge on any atom is 0.309 e. The van der Waals surface area contributed by atoms with Crippen LogP contribution in [0.1, 0.15) is 58.8 Å². The molecular formula is C19H28N2O4. The molecule has 1 unspecified atom stereocenters. The standard InChI is InChI=1S/C19H28N2O4/c1-18-8-7-14(12(10-20-23)13(18)5-6-16(18)21-24)19(2)9-11-3-4-15(19)17(22)25-11/h10-15,23-24H,3-9H2,1-2H3/b20-10+,21-16+/t11?,12-,13-,14-,15+,18-,19+/m0/s1. The number of carbonyl (C=O) groups excluding carboxylic acids is 1. The molecule has 2 heterocycles. The van der Waals surface area contributed by atoms with Crippen molar-refractivity contribution in [1.82, 2.24) is 0 Å². The molecule has 0 aromatic rings. The predicted octanol–water partition coefficient (Wildman–Crippen LogP) is 3.45. The van der Waals surface area contributed by atoms with Crippen molar-refractivity contribution in [2.75, 3.05) is 0 Å². The van der Waals surface area contributed by atoms with E-state index in [4.69, 9.17) is 4.74 Å². The number of nitrogens with zero attached hydrogens (tertiary/aromatic N) is 2. The fourth-order valence-corrected chi connectivity index (χ4v) is 6.76. The van der Waals surface area contributed by atoms with E-state index in [1.807, 2.05) is 0 Å². The highest BCUT2D eigenvalue weighted by molar-refractivity contribution is 5.92. The summed E-state index contributed by atoms with van der Waals surface area (Å²) < 4.78 is 5.53. The van der Waals surface area contributed by atoms with Crippen molar-refractivity contribution in [1.29, 1.82) is 0 Å². The number of ether oxygens (including phenoxy) is 1. The van der Waals surface area contributed by atoms with E-state index in [-0.39, 0.29) is 34.7 Å². The van der Waals surface area contributed by atoms with Crippen LogP contribution in [0, 0.1) is 34.5 Å². The average Bonchev–Trinajstić information content (AvgIpc) is 2.91. The van der Waals surface area contributed by atoms with Crippen LogP contribution >= 0.6 is 0 Å². The first kappa shape index (κ1) is 16.9. The fraction of sp³-hybridized carbons (Fsp3) is 0.842. The molecule has 25 heavy (non-hydrogen) atoms. The van der Waals surface area contributed by atoms with Crippen LogP contribution in [0.4, 0.5) is 0 Å². The summed E-state index contributed by atoms with van der Waals surface area (Å²) in [5.41, 5.74) is 0.633. The third kappa shape index (κ3) is 2.25. The van der Waals surface area contributed by atoms with Crippen LogP contribution in [-0.2, 0) is 9.53 Å². The van der Waals surface area contributed by atoms with E-state index < -0.39 is 0 Å². The zero-order valence-electron chi connectivity index (χ0n) is 15.0. The lowest BCUT2D eigenvalue weighted by Gasteiger charge is -2.57. The molecule has 5 rings (SSSR count). The van der Waals surface area contributed by atoms with Gasteiger partial charge in [0.05, 0.1) is 11.6 Å². The smallest absolute Gasteiger partial charge is 0.309 e. The zero-order valence-corrected chi connectivity index (χ0v) is 15.0. The molecule has 0 spiro atoms. The maximum atomic E-state index is 12.4. The summed E-state index contributed by atoms with van der Waals surface area (Å²) in [6.07, 6.45) is 8.17. The van der Waals surface area contributed by atoms with Gasteiger partial charge in [-0.05, 0) is 62.2 Å². The minimum Gasteiger partial charge on any atom is -0.462 e. The molecule has 0 radical (unpaired) electrons. The molecule has 7 atom stereocenters. The predicted molar refractivity (Wildman–Crippen MR) is 91.9 cm³/mol. The van der Waals surface area contributed by atoms with E-state index in [2.05, 4.69) is 24.2 Å². The van der Waals surface area contributed by atoms with Gasteiger partial charge in [0.2, 0.25) is 0 Å². The van der Waals surface area contributed by atoms with Gasteiger partial charge in [-0.2, -0.15) is 0 Å². The van der Waals surface area contributed by atoms with Crippen LogP contribution in [0.5, 0.6) is 0 Å². The quantitative estimate of drug-likeness (QED) is 0.346. The van der Waals surface area contributed by atoms with Crippen molar-refractivity contribution in [3.05, 3.63) is 0 Å². The topological polar surface area (TPSA) is 91.5 Å². The van der Waals surface area contributed by atoms with Crippen LogP contribution < -0.4 is 0 Å². The van der Waals surface area contributed by atoms with Crippen LogP contribution in [0.3, 0.4) is 0 Å². The van der Waals surface area contributed by atoms with E-state index in [1.54, 1.807) is 6.21 Å². The Bertz CT molecular complexity index is 633. The van der Waals surface area contributed by atoms with Crippen molar-refractivity contribution in [3.63, 3.8) is 0 Å². The number of hydrogen-bond acceptors (Lipinski definition) is 6. The summed E-state index contributed by atoms with van der Waals surface area (Å²) in [5, 5.41) is 25.7. The Hall–Kier alpha value is -1.59. The Kier molecular flexibility index (Phi) is 3.85. The Morgan fingerprint density at radius 3 is 2.60 bits per heavy atom. The first-order chi connectivity index (χ1) is 11.9. The molecule has 6 heteroatoms. The third-order valence-corrected chi connectivity index (χ3v) is 8.09. The first-order valence-electron chi connectivity index (χ1n) is 9.53. The molecule has 0 aromatic heterocycles. The minimum absolute atomic E-state index is 0.0398. The highest BCUT2D eigenvalue weighted by atomic mass is 16.5. The van der Waals surface area contributed by atoms with Gasteiger partial charge in [0.1, 0.15) is 6.10 Å². The largest absolute Gasteiger partial charge is 0.462 e. The molecule has 5 fully saturated rings. The van der Waals surface area contributed by atoms with Crippen LogP contribution in [0.15, 0.2) is 10.3 Å². The number of oxime groups is 2. The van der Waals surface area contributed by atoms with Crippen LogP contribution in [0.25, 0.3) is 0 Å². The molecular weight excluding hydrogens is 320 g/mol. The lowest BCUT2D eigenvalue weighted by molar-refractivity contribution is -0.194. The van der Waals surface area contributed by atoms with E-state index in [0.717, 1.165) is 50.7 Å². The molecule has 0 amide bonds. The fourth-order valence-electron chi connectivity index (χ4n) is 6.76. The summed E-state index contributed by atoms with van der Waals surface area (Å²) in [4.78, 5) is 12.4. The molecule has 3 saturated carbocycles. The van der Waals surface area contributed by atoms with Crippen LogP contribution in [-0.4, -0.2) is 34.4 Å². The Morgan fingerprint density at radius 1 is 1.16 bits per heavy atom. The number of fused-ring (bicyclic) bond motifs is 4. The first-order valence-corrected chi connectivity index (χ1v) is 9.53. The SMILES string of the molecule is C[C@]1([C@H]2CC[C@]3(C)/C(=N/O)CC[C@H]3[C@@H]2/C=N/O)CC2CC[C@@H]1C(=O)O2. The van der Waals surface area contributed by atoms with Crippen molar-refractivity contribution in [2.45, 2.75) is 64.9 Å². The summed E-state index contributed by atoms with van der Waals surface area (Å²) in [5.74, 6) is 0.595. The third-order valence-electron chi connectivity index (χ3n) is 8.09. The molecule has 2 N–H and O–H groups in total. The lowest BCUT2D eigenvalue weighted by Crippen LogP contribution is -2.57. The highest BCUT2D eigenvalue weighted by Gasteiger charge is 2.61. The molecule has 138 valence electrons. The number of esters is 1.